The van der Waals surface area contributed by atoms with Crippen LogP contribution in [0.15, 0.2) is 48.0 Å². The summed E-state index contributed by atoms with van der Waals surface area (Å²) in [6.07, 6.45) is -3.57. The predicted octanol–water partition coefficient (Wildman–Crippen LogP) is 4.41. The first-order chi connectivity index (χ1) is 15.3. The maximum absolute atomic E-state index is 12.8. The van der Waals surface area contributed by atoms with E-state index < -0.39 is 11.7 Å². The summed E-state index contributed by atoms with van der Waals surface area (Å²) in [6, 6.07) is 9.38. The molecule has 0 aliphatic carbocycles. The largest absolute Gasteiger partial charge is 0.486 e. The second-order valence-corrected chi connectivity index (χ2v) is 8.32. The van der Waals surface area contributed by atoms with Gasteiger partial charge in [-0.3, -0.25) is 4.79 Å². The topological polar surface area (TPSA) is 58.6 Å². The number of ether oxygens (including phenoxy) is 1. The third-order valence-corrected chi connectivity index (χ3v) is 6.04. The standard InChI is InChI=1S/C22H21F3N4O2S/c1-15-14-32-20(27-15)13-31-18-5-2-16(3-6-18)21(30)29-10-8-28(9-11-29)19-7-4-17(12-26-19)22(23,24)25/h2-7,12,14H,8-11,13H2,1H3. The van der Waals surface area contributed by atoms with E-state index in [1.807, 2.05) is 17.2 Å². The van der Waals surface area contributed by atoms with Crippen molar-refractivity contribution in [3.63, 3.8) is 0 Å². The number of alkyl halides is 3. The molecule has 0 atom stereocenters. The van der Waals surface area contributed by atoms with E-state index in [2.05, 4.69) is 9.97 Å². The lowest BCUT2D eigenvalue weighted by atomic mass is 10.1. The molecule has 3 heterocycles. The summed E-state index contributed by atoms with van der Waals surface area (Å²) in [5.41, 5.74) is 0.747. The van der Waals surface area contributed by atoms with Crippen molar-refractivity contribution < 1.29 is 22.7 Å². The molecule has 0 radical (unpaired) electrons. The molecule has 1 aliphatic heterocycles. The fourth-order valence-electron chi connectivity index (χ4n) is 3.37. The number of nitrogens with zero attached hydrogens (tertiary/aromatic N) is 4. The van der Waals surface area contributed by atoms with Crippen LogP contribution < -0.4 is 9.64 Å². The molecular weight excluding hydrogens is 441 g/mol. The number of carbonyl (C=O) groups is 1. The smallest absolute Gasteiger partial charge is 0.417 e. The van der Waals surface area contributed by atoms with Crippen LogP contribution in [0.2, 0.25) is 0 Å². The molecule has 0 bridgehead atoms. The fourth-order valence-corrected chi connectivity index (χ4v) is 4.05. The Hall–Kier alpha value is -3.14. The van der Waals surface area contributed by atoms with Crippen LogP contribution in [0.25, 0.3) is 0 Å². The van der Waals surface area contributed by atoms with E-state index in [1.54, 1.807) is 40.5 Å². The van der Waals surface area contributed by atoms with E-state index in [1.165, 1.54) is 6.07 Å². The molecule has 6 nitrogen and oxygen atoms in total. The van der Waals surface area contributed by atoms with Crippen LogP contribution in [-0.2, 0) is 12.8 Å². The first-order valence-electron chi connectivity index (χ1n) is 10.0. The van der Waals surface area contributed by atoms with Crippen LogP contribution in [-0.4, -0.2) is 47.0 Å². The number of amides is 1. The summed E-state index contributed by atoms with van der Waals surface area (Å²) in [6.45, 7) is 4.23. The van der Waals surface area contributed by atoms with Gasteiger partial charge in [-0.05, 0) is 43.3 Å². The lowest BCUT2D eigenvalue weighted by Crippen LogP contribution is -2.49. The number of halogens is 3. The molecule has 4 rings (SSSR count). The molecule has 0 unspecified atom stereocenters. The van der Waals surface area contributed by atoms with Crippen LogP contribution in [0.5, 0.6) is 5.75 Å². The number of aromatic nitrogens is 2. The third kappa shape index (κ3) is 5.18. The Bertz CT molecular complexity index is 1060. The maximum Gasteiger partial charge on any atom is 0.417 e. The molecule has 32 heavy (non-hydrogen) atoms. The minimum absolute atomic E-state index is 0.0906. The number of hydrogen-bond acceptors (Lipinski definition) is 6. The number of rotatable bonds is 5. The number of benzene rings is 1. The van der Waals surface area contributed by atoms with Crippen molar-refractivity contribution >= 4 is 23.1 Å². The summed E-state index contributed by atoms with van der Waals surface area (Å²) in [5, 5.41) is 2.86. The molecule has 1 saturated heterocycles. The highest BCUT2D eigenvalue weighted by Gasteiger charge is 2.31. The summed E-state index contributed by atoms with van der Waals surface area (Å²) in [5.74, 6) is 1.04. The van der Waals surface area contributed by atoms with Gasteiger partial charge in [0.1, 0.15) is 23.2 Å². The molecule has 3 aromatic rings. The molecule has 0 saturated carbocycles. The Morgan fingerprint density at radius 2 is 1.81 bits per heavy atom. The van der Waals surface area contributed by atoms with Crippen LogP contribution in [0.1, 0.15) is 26.6 Å². The van der Waals surface area contributed by atoms with Gasteiger partial charge in [0.05, 0.1) is 5.56 Å². The second-order valence-electron chi connectivity index (χ2n) is 7.38. The first-order valence-corrected chi connectivity index (χ1v) is 10.9. The molecule has 1 fully saturated rings. The van der Waals surface area contributed by atoms with Crippen molar-refractivity contribution in [2.24, 2.45) is 0 Å². The number of piperazine rings is 1. The first kappa shape index (κ1) is 22.1. The number of thiazole rings is 1. The van der Waals surface area contributed by atoms with Crippen molar-refractivity contribution in [1.29, 1.82) is 0 Å². The number of aryl methyl sites for hydroxylation is 1. The quantitative estimate of drug-likeness (QED) is 0.562. The van der Waals surface area contributed by atoms with Gasteiger partial charge in [-0.25, -0.2) is 9.97 Å². The van der Waals surface area contributed by atoms with E-state index >= 15 is 0 Å². The van der Waals surface area contributed by atoms with E-state index in [0.29, 0.717) is 49.9 Å². The van der Waals surface area contributed by atoms with E-state index in [9.17, 15) is 18.0 Å². The lowest BCUT2D eigenvalue weighted by Gasteiger charge is -2.35. The maximum atomic E-state index is 12.8. The summed E-state index contributed by atoms with van der Waals surface area (Å²) < 4.78 is 43.8. The average molecular weight is 462 g/mol. The highest BCUT2D eigenvalue weighted by Crippen LogP contribution is 2.29. The van der Waals surface area contributed by atoms with Gasteiger partial charge in [0.2, 0.25) is 0 Å². The Morgan fingerprint density at radius 3 is 2.38 bits per heavy atom. The Morgan fingerprint density at radius 1 is 1.09 bits per heavy atom. The van der Waals surface area contributed by atoms with Crippen LogP contribution in [0.4, 0.5) is 19.0 Å². The number of pyridine rings is 1. The van der Waals surface area contributed by atoms with Crippen molar-refractivity contribution in [2.45, 2.75) is 19.7 Å². The normalized spacial score (nSPS) is 14.5. The van der Waals surface area contributed by atoms with Gasteiger partial charge in [0.25, 0.3) is 5.91 Å². The summed E-state index contributed by atoms with van der Waals surface area (Å²) in [4.78, 5) is 24.7. The molecule has 1 aromatic carbocycles. The lowest BCUT2D eigenvalue weighted by molar-refractivity contribution is -0.137. The average Bonchev–Trinajstić information content (AvgIpc) is 3.22. The molecule has 0 N–H and O–H groups in total. The van der Waals surface area contributed by atoms with Gasteiger partial charge in [0, 0.05) is 49.0 Å². The van der Waals surface area contributed by atoms with Crippen LogP contribution >= 0.6 is 11.3 Å². The summed E-state index contributed by atoms with van der Waals surface area (Å²) in [7, 11) is 0. The van der Waals surface area contributed by atoms with Gasteiger partial charge in [-0.1, -0.05) is 0 Å². The monoisotopic (exact) mass is 462 g/mol. The van der Waals surface area contributed by atoms with Crippen LogP contribution in [0.3, 0.4) is 0 Å². The second kappa shape index (κ2) is 9.15. The molecular formula is C22H21F3N4O2S. The number of hydrogen-bond donors (Lipinski definition) is 0. The molecule has 1 amide bonds. The van der Waals surface area contributed by atoms with Gasteiger partial charge in [-0.2, -0.15) is 13.2 Å². The minimum atomic E-state index is -4.41. The predicted molar refractivity (Wildman–Crippen MR) is 115 cm³/mol. The SMILES string of the molecule is Cc1csc(COc2ccc(C(=O)N3CCN(c4ccc(C(F)(F)F)cn4)CC3)cc2)n1. The molecule has 168 valence electrons. The zero-order valence-electron chi connectivity index (χ0n) is 17.3. The molecule has 2 aromatic heterocycles. The van der Waals surface area contributed by atoms with Gasteiger partial charge < -0.3 is 14.5 Å². The molecule has 0 spiro atoms. The van der Waals surface area contributed by atoms with Gasteiger partial charge in [-0.15, -0.1) is 11.3 Å². The van der Waals surface area contributed by atoms with E-state index in [-0.39, 0.29) is 5.91 Å². The van der Waals surface area contributed by atoms with Crippen molar-refractivity contribution in [3.05, 3.63) is 69.8 Å². The minimum Gasteiger partial charge on any atom is -0.486 e. The van der Waals surface area contributed by atoms with Crippen molar-refractivity contribution in [2.75, 3.05) is 31.1 Å². The Labute approximate surface area is 187 Å². The van der Waals surface area contributed by atoms with E-state index in [0.717, 1.165) is 23.0 Å². The van der Waals surface area contributed by atoms with Gasteiger partial charge >= 0.3 is 6.18 Å². The number of anilines is 1. The van der Waals surface area contributed by atoms with Crippen LogP contribution in [0, 0.1) is 6.92 Å². The Balaban J connectivity index is 1.30. The highest BCUT2D eigenvalue weighted by atomic mass is 32.1. The fraction of sp³-hybridized carbons (Fsp3) is 0.318. The van der Waals surface area contributed by atoms with E-state index in [4.69, 9.17) is 4.74 Å². The van der Waals surface area contributed by atoms with Crippen molar-refractivity contribution in [1.82, 2.24) is 14.9 Å². The molecule has 10 heteroatoms. The summed E-state index contributed by atoms with van der Waals surface area (Å²) >= 11 is 1.54. The third-order valence-electron chi connectivity index (χ3n) is 5.10. The highest BCUT2D eigenvalue weighted by molar-refractivity contribution is 7.09. The number of carbonyl (C=O) groups excluding carboxylic acids is 1. The zero-order chi connectivity index (χ0) is 22.7. The zero-order valence-corrected chi connectivity index (χ0v) is 18.1. The molecule has 1 aliphatic rings. The van der Waals surface area contributed by atoms with Gasteiger partial charge in [0.15, 0.2) is 0 Å². The Kier molecular flexibility index (Phi) is 6.31. The van der Waals surface area contributed by atoms with Crippen molar-refractivity contribution in [3.8, 4) is 5.75 Å².